The Bertz CT molecular complexity index is 860. The number of halogens is 1. The Morgan fingerprint density at radius 2 is 2.00 bits per heavy atom. The van der Waals surface area contributed by atoms with E-state index in [-0.39, 0.29) is 16.7 Å². The highest BCUT2D eigenvalue weighted by Crippen LogP contribution is 2.42. The first-order valence-electron chi connectivity index (χ1n) is 8.09. The first-order chi connectivity index (χ1) is 12.5. The van der Waals surface area contributed by atoms with Crippen LogP contribution in [0.5, 0.6) is 5.75 Å². The molecule has 0 spiro atoms. The summed E-state index contributed by atoms with van der Waals surface area (Å²) in [6, 6.07) is 5.73. The van der Waals surface area contributed by atoms with Gasteiger partial charge in [-0.05, 0) is 45.9 Å². The fraction of sp³-hybridized carbons (Fsp3) is 0.333. The van der Waals surface area contributed by atoms with E-state index < -0.39 is 23.2 Å². The third kappa shape index (κ3) is 5.69. The minimum Gasteiger partial charge on any atom is -0.490 e. The highest BCUT2D eigenvalue weighted by atomic mass is 32.2. The van der Waals surface area contributed by atoms with E-state index in [9.17, 15) is 19.1 Å². The van der Waals surface area contributed by atoms with Gasteiger partial charge >= 0.3 is 0 Å². The number of hydrogen-bond acceptors (Lipinski definition) is 6. The van der Waals surface area contributed by atoms with Crippen LogP contribution in [0, 0.1) is 5.82 Å². The van der Waals surface area contributed by atoms with Crippen LogP contribution in [0.3, 0.4) is 0 Å². The van der Waals surface area contributed by atoms with Gasteiger partial charge in [-0.1, -0.05) is 11.8 Å². The van der Waals surface area contributed by atoms with Crippen LogP contribution >= 0.6 is 23.1 Å². The van der Waals surface area contributed by atoms with Crippen LogP contribution in [0.25, 0.3) is 0 Å². The molecule has 0 aliphatic rings. The van der Waals surface area contributed by atoms with Gasteiger partial charge in [0.15, 0.2) is 0 Å². The van der Waals surface area contributed by atoms with Gasteiger partial charge in [-0.15, -0.1) is 11.3 Å². The summed E-state index contributed by atoms with van der Waals surface area (Å²) in [6.45, 7) is 6.34. The first-order valence-corrected chi connectivity index (χ1v) is 9.72. The Balaban J connectivity index is 2.34. The van der Waals surface area contributed by atoms with Gasteiger partial charge in [0, 0.05) is 6.07 Å². The average Bonchev–Trinajstić information content (AvgIpc) is 2.91. The topological polar surface area (TPSA) is 102 Å². The second-order valence-electron chi connectivity index (χ2n) is 6.55. The number of carbonyl (C=O) groups excluding carboxylic acids is 2. The lowest BCUT2D eigenvalue weighted by Gasteiger charge is -2.16. The molecule has 4 N–H and O–H groups in total. The number of rotatable bonds is 7. The van der Waals surface area contributed by atoms with E-state index in [1.807, 2.05) is 13.8 Å². The summed E-state index contributed by atoms with van der Waals surface area (Å²) in [6.07, 6.45) is -0.141. The van der Waals surface area contributed by atoms with Crippen molar-refractivity contribution in [3.63, 3.8) is 0 Å². The lowest BCUT2D eigenvalue weighted by atomic mass is 10.1. The fourth-order valence-corrected chi connectivity index (χ4v) is 4.19. The van der Waals surface area contributed by atoms with Gasteiger partial charge in [0.2, 0.25) is 0 Å². The molecular weight excluding hydrogens is 391 g/mol. The zero-order valence-electron chi connectivity index (χ0n) is 15.3. The van der Waals surface area contributed by atoms with Crippen molar-refractivity contribution >= 4 is 39.9 Å². The number of carbonyl (C=O) groups is 2. The van der Waals surface area contributed by atoms with E-state index >= 15 is 0 Å². The molecule has 2 amide bonds. The molecule has 6 nitrogen and oxygen atoms in total. The molecule has 1 aromatic heterocycles. The number of aliphatic hydroxyl groups is 1. The molecule has 0 aliphatic heterocycles. The molecule has 0 fully saturated rings. The highest BCUT2D eigenvalue weighted by Gasteiger charge is 2.26. The largest absolute Gasteiger partial charge is 0.490 e. The quantitative estimate of drug-likeness (QED) is 0.645. The number of anilines is 1. The Morgan fingerprint density at radius 3 is 2.56 bits per heavy atom. The molecule has 0 radical (unpaired) electrons. The van der Waals surface area contributed by atoms with Crippen LogP contribution in [-0.2, 0) is 4.79 Å². The third-order valence-electron chi connectivity index (χ3n) is 3.24. The smallest absolute Gasteiger partial charge is 0.256 e. The van der Waals surface area contributed by atoms with Crippen LogP contribution in [0.15, 0.2) is 33.4 Å². The molecule has 0 saturated carbocycles. The second-order valence-corrected chi connectivity index (χ2v) is 8.94. The van der Waals surface area contributed by atoms with Crippen LogP contribution in [0.2, 0.25) is 0 Å². The normalized spacial score (nSPS) is 11.5. The van der Waals surface area contributed by atoms with Crippen molar-refractivity contribution in [3.8, 4) is 5.75 Å². The van der Waals surface area contributed by atoms with Crippen LogP contribution in [0.1, 0.15) is 38.1 Å². The third-order valence-corrected chi connectivity index (χ3v) is 5.46. The van der Waals surface area contributed by atoms with Crippen molar-refractivity contribution in [1.29, 1.82) is 0 Å². The summed E-state index contributed by atoms with van der Waals surface area (Å²) < 4.78 is 19.8. The molecule has 9 heteroatoms. The van der Waals surface area contributed by atoms with E-state index in [0.29, 0.717) is 14.9 Å². The Hall–Kier alpha value is -2.10. The molecule has 1 aromatic carbocycles. The van der Waals surface area contributed by atoms with Crippen molar-refractivity contribution in [2.75, 3.05) is 5.32 Å². The SMILES string of the molecule is CC(C)Oc1cc(F)ccc1Sc1cc(C(N)=O)c(NC(=O)C(C)(C)O)s1. The minimum atomic E-state index is -1.61. The number of hydrogen-bond donors (Lipinski definition) is 3. The molecule has 0 unspecified atom stereocenters. The molecule has 0 atom stereocenters. The zero-order chi connectivity index (χ0) is 20.4. The van der Waals surface area contributed by atoms with E-state index in [0.717, 1.165) is 11.3 Å². The van der Waals surface area contributed by atoms with E-state index in [1.165, 1.54) is 37.7 Å². The first kappa shape index (κ1) is 21.2. The summed E-state index contributed by atoms with van der Waals surface area (Å²) in [5, 5.41) is 12.5. The van der Waals surface area contributed by atoms with Crippen LogP contribution in [-0.4, -0.2) is 28.6 Å². The standard InChI is InChI=1S/C18H21FN2O4S2/c1-9(2)25-12-7-10(19)5-6-13(12)26-14-8-11(15(20)22)16(27-14)21-17(23)18(3,4)24/h5-9,24H,1-4H3,(H2,20,22)(H,21,23). The number of nitrogens with two attached hydrogens (primary N) is 1. The van der Waals surface area contributed by atoms with E-state index in [2.05, 4.69) is 5.32 Å². The van der Waals surface area contributed by atoms with Gasteiger partial charge in [0.1, 0.15) is 22.2 Å². The number of thiophene rings is 1. The molecule has 27 heavy (non-hydrogen) atoms. The molecule has 1 heterocycles. The van der Waals surface area contributed by atoms with Crippen molar-refractivity contribution in [3.05, 3.63) is 35.6 Å². The fourth-order valence-electron chi connectivity index (χ4n) is 1.97. The van der Waals surface area contributed by atoms with Gasteiger partial charge in [0.25, 0.3) is 11.8 Å². The van der Waals surface area contributed by atoms with Gasteiger partial charge < -0.3 is 20.9 Å². The van der Waals surface area contributed by atoms with E-state index in [1.54, 1.807) is 12.1 Å². The average molecular weight is 413 g/mol. The van der Waals surface area contributed by atoms with Gasteiger partial charge in [-0.2, -0.15) is 0 Å². The maximum Gasteiger partial charge on any atom is 0.256 e. The van der Waals surface area contributed by atoms with Gasteiger partial charge in [0.05, 0.1) is 20.8 Å². The molecule has 0 aliphatic carbocycles. The number of benzene rings is 1. The van der Waals surface area contributed by atoms with Crippen molar-refractivity contribution in [1.82, 2.24) is 0 Å². The van der Waals surface area contributed by atoms with Crippen LogP contribution < -0.4 is 15.8 Å². The van der Waals surface area contributed by atoms with Crippen LogP contribution in [0.4, 0.5) is 9.39 Å². The Morgan fingerprint density at radius 1 is 1.33 bits per heavy atom. The number of ether oxygens (including phenoxy) is 1. The number of primary amides is 1. The van der Waals surface area contributed by atoms with Gasteiger partial charge in [-0.25, -0.2) is 4.39 Å². The van der Waals surface area contributed by atoms with Crippen molar-refractivity contribution < 1.29 is 23.8 Å². The molecule has 2 rings (SSSR count). The lowest BCUT2D eigenvalue weighted by molar-refractivity contribution is -0.130. The molecule has 0 saturated heterocycles. The molecule has 0 bridgehead atoms. The van der Waals surface area contributed by atoms with Gasteiger partial charge in [-0.3, -0.25) is 9.59 Å². The van der Waals surface area contributed by atoms with Crippen molar-refractivity contribution in [2.45, 2.75) is 48.5 Å². The number of nitrogens with one attached hydrogen (secondary N) is 1. The molecule has 2 aromatic rings. The maximum atomic E-state index is 13.5. The summed E-state index contributed by atoms with van der Waals surface area (Å²) in [5.74, 6) is -1.40. The zero-order valence-corrected chi connectivity index (χ0v) is 17.0. The summed E-state index contributed by atoms with van der Waals surface area (Å²) >= 11 is 2.39. The molecule has 146 valence electrons. The summed E-state index contributed by atoms with van der Waals surface area (Å²) in [5.41, 5.74) is 3.92. The highest BCUT2D eigenvalue weighted by molar-refractivity contribution is 8.01. The summed E-state index contributed by atoms with van der Waals surface area (Å²) in [4.78, 5) is 24.4. The second kappa shape index (κ2) is 8.28. The summed E-state index contributed by atoms with van der Waals surface area (Å²) in [7, 11) is 0. The lowest BCUT2D eigenvalue weighted by Crippen LogP contribution is -2.36. The monoisotopic (exact) mass is 412 g/mol. The Kier molecular flexibility index (Phi) is 6.50. The minimum absolute atomic E-state index is 0.133. The maximum absolute atomic E-state index is 13.5. The van der Waals surface area contributed by atoms with Crippen molar-refractivity contribution in [2.24, 2.45) is 5.73 Å². The number of amides is 2. The Labute approximate surface area is 164 Å². The molecular formula is C18H21FN2O4S2. The predicted octanol–water partition coefficient (Wildman–Crippen LogP) is 3.63. The van der Waals surface area contributed by atoms with E-state index in [4.69, 9.17) is 10.5 Å². The predicted molar refractivity (Wildman–Crippen MR) is 104 cm³/mol.